The molecule has 1 aromatic heterocycles. The number of ether oxygens (including phenoxy) is 1. The largest absolute Gasteiger partial charge is 0.474 e. The highest BCUT2D eigenvalue weighted by molar-refractivity contribution is 9.10. The smallest absolute Gasteiger partial charge is 0.231 e. The van der Waals surface area contributed by atoms with Crippen LogP contribution in [0.15, 0.2) is 17.0 Å². The molecule has 0 aliphatic carbocycles. The minimum Gasteiger partial charge on any atom is -0.474 e. The maximum absolute atomic E-state index is 5.50. The average molecular weight is 231 g/mol. The van der Waals surface area contributed by atoms with Gasteiger partial charge in [-0.1, -0.05) is 6.92 Å². The molecule has 1 aromatic rings. The molecule has 0 aromatic carbocycles. The van der Waals surface area contributed by atoms with Gasteiger partial charge in [-0.3, -0.25) is 0 Å². The number of hydrogen-bond acceptors (Lipinski definition) is 3. The van der Waals surface area contributed by atoms with Gasteiger partial charge in [0.2, 0.25) is 5.88 Å². The summed E-state index contributed by atoms with van der Waals surface area (Å²) >= 11 is 3.30. The standard InChI is InChI=1S/C8H11BrN2O/c1-3-6(2)12-8-7(9)4-10-5-11-8/h4-6H,3H2,1-2H3. The summed E-state index contributed by atoms with van der Waals surface area (Å²) in [5, 5.41) is 0. The van der Waals surface area contributed by atoms with Crippen LogP contribution in [0.3, 0.4) is 0 Å². The summed E-state index contributed by atoms with van der Waals surface area (Å²) in [5.41, 5.74) is 0. The molecular formula is C8H11BrN2O. The molecule has 1 atom stereocenters. The van der Waals surface area contributed by atoms with Crippen molar-refractivity contribution in [1.82, 2.24) is 9.97 Å². The van der Waals surface area contributed by atoms with E-state index in [1.807, 2.05) is 6.92 Å². The molecule has 3 nitrogen and oxygen atoms in total. The summed E-state index contributed by atoms with van der Waals surface area (Å²) in [6, 6.07) is 0. The van der Waals surface area contributed by atoms with Gasteiger partial charge in [0, 0.05) is 6.20 Å². The number of nitrogens with zero attached hydrogens (tertiary/aromatic N) is 2. The normalized spacial score (nSPS) is 12.6. The molecule has 0 saturated carbocycles. The Balaban J connectivity index is 2.69. The highest BCUT2D eigenvalue weighted by atomic mass is 79.9. The zero-order valence-corrected chi connectivity index (χ0v) is 8.71. The van der Waals surface area contributed by atoms with Crippen LogP contribution in [0.2, 0.25) is 0 Å². The van der Waals surface area contributed by atoms with Gasteiger partial charge in [-0.25, -0.2) is 9.97 Å². The van der Waals surface area contributed by atoms with Gasteiger partial charge in [0.25, 0.3) is 0 Å². The van der Waals surface area contributed by atoms with Crippen LogP contribution in [0.5, 0.6) is 5.88 Å². The first kappa shape index (κ1) is 9.45. The lowest BCUT2D eigenvalue weighted by Gasteiger charge is -2.11. The first-order chi connectivity index (χ1) is 5.74. The summed E-state index contributed by atoms with van der Waals surface area (Å²) < 4.78 is 6.29. The second-order valence-corrected chi connectivity index (χ2v) is 3.37. The van der Waals surface area contributed by atoms with E-state index in [-0.39, 0.29) is 6.10 Å². The fourth-order valence-corrected chi connectivity index (χ4v) is 0.976. The third kappa shape index (κ3) is 2.44. The van der Waals surface area contributed by atoms with Crippen molar-refractivity contribution < 1.29 is 4.74 Å². The summed E-state index contributed by atoms with van der Waals surface area (Å²) in [5.74, 6) is 0.611. The molecule has 0 radical (unpaired) electrons. The van der Waals surface area contributed by atoms with E-state index < -0.39 is 0 Å². The molecule has 1 heterocycles. The van der Waals surface area contributed by atoms with Crippen molar-refractivity contribution in [3.8, 4) is 5.88 Å². The van der Waals surface area contributed by atoms with Crippen LogP contribution in [0.1, 0.15) is 20.3 Å². The Kier molecular flexibility index (Phi) is 3.47. The lowest BCUT2D eigenvalue weighted by atomic mass is 10.3. The van der Waals surface area contributed by atoms with Gasteiger partial charge in [0.1, 0.15) is 6.33 Å². The molecule has 12 heavy (non-hydrogen) atoms. The second kappa shape index (κ2) is 4.40. The Morgan fingerprint density at radius 1 is 1.67 bits per heavy atom. The number of halogens is 1. The van der Waals surface area contributed by atoms with Crippen LogP contribution in [-0.4, -0.2) is 16.1 Å². The lowest BCUT2D eigenvalue weighted by Crippen LogP contribution is -2.11. The van der Waals surface area contributed by atoms with Gasteiger partial charge in [-0.05, 0) is 29.3 Å². The Morgan fingerprint density at radius 2 is 2.42 bits per heavy atom. The highest BCUT2D eigenvalue weighted by Gasteiger charge is 2.05. The summed E-state index contributed by atoms with van der Waals surface area (Å²) in [7, 11) is 0. The molecule has 0 bridgehead atoms. The third-order valence-electron chi connectivity index (χ3n) is 1.52. The Hall–Kier alpha value is -0.640. The zero-order chi connectivity index (χ0) is 8.97. The fraction of sp³-hybridized carbons (Fsp3) is 0.500. The zero-order valence-electron chi connectivity index (χ0n) is 7.12. The predicted molar refractivity (Wildman–Crippen MR) is 50.1 cm³/mol. The minimum absolute atomic E-state index is 0.191. The molecule has 0 aliphatic heterocycles. The molecule has 0 N–H and O–H groups in total. The molecular weight excluding hydrogens is 220 g/mol. The fourth-order valence-electron chi connectivity index (χ4n) is 0.662. The molecule has 1 unspecified atom stereocenters. The molecule has 0 saturated heterocycles. The summed E-state index contributed by atoms with van der Waals surface area (Å²) in [4.78, 5) is 7.83. The Labute approximate surface area is 80.3 Å². The van der Waals surface area contributed by atoms with Gasteiger partial charge < -0.3 is 4.74 Å². The average Bonchev–Trinajstić information content (AvgIpc) is 2.09. The molecule has 0 aliphatic rings. The van der Waals surface area contributed by atoms with Crippen LogP contribution in [-0.2, 0) is 0 Å². The third-order valence-corrected chi connectivity index (χ3v) is 2.07. The molecule has 66 valence electrons. The van der Waals surface area contributed by atoms with Crippen LogP contribution in [0, 0.1) is 0 Å². The minimum atomic E-state index is 0.191. The van der Waals surface area contributed by atoms with E-state index in [4.69, 9.17) is 4.74 Å². The number of rotatable bonds is 3. The van der Waals surface area contributed by atoms with E-state index >= 15 is 0 Å². The molecule has 0 amide bonds. The lowest BCUT2D eigenvalue weighted by molar-refractivity contribution is 0.206. The van der Waals surface area contributed by atoms with E-state index in [9.17, 15) is 0 Å². The number of hydrogen-bond donors (Lipinski definition) is 0. The predicted octanol–water partition coefficient (Wildman–Crippen LogP) is 2.42. The topological polar surface area (TPSA) is 35.0 Å². The summed E-state index contributed by atoms with van der Waals surface area (Å²) in [6.07, 6.45) is 4.31. The monoisotopic (exact) mass is 230 g/mol. The van der Waals surface area contributed by atoms with Crippen LogP contribution < -0.4 is 4.74 Å². The maximum atomic E-state index is 5.50. The van der Waals surface area contributed by atoms with Crippen LogP contribution in [0.25, 0.3) is 0 Å². The van der Waals surface area contributed by atoms with Crippen molar-refractivity contribution >= 4 is 15.9 Å². The van der Waals surface area contributed by atoms with Gasteiger partial charge in [-0.15, -0.1) is 0 Å². The Morgan fingerprint density at radius 3 is 3.00 bits per heavy atom. The van der Waals surface area contributed by atoms with Gasteiger partial charge in [-0.2, -0.15) is 0 Å². The van der Waals surface area contributed by atoms with E-state index in [1.54, 1.807) is 6.20 Å². The first-order valence-corrected chi connectivity index (χ1v) is 4.65. The van der Waals surface area contributed by atoms with Crippen molar-refractivity contribution in [2.45, 2.75) is 26.4 Å². The van der Waals surface area contributed by atoms with E-state index in [2.05, 4.69) is 32.8 Å². The maximum Gasteiger partial charge on any atom is 0.231 e. The van der Waals surface area contributed by atoms with Crippen LogP contribution >= 0.6 is 15.9 Å². The molecule has 0 fully saturated rings. The summed E-state index contributed by atoms with van der Waals surface area (Å²) in [6.45, 7) is 4.08. The van der Waals surface area contributed by atoms with Crippen molar-refractivity contribution in [2.75, 3.05) is 0 Å². The van der Waals surface area contributed by atoms with Crippen LogP contribution in [0.4, 0.5) is 0 Å². The molecule has 4 heteroatoms. The van der Waals surface area contributed by atoms with Crippen molar-refractivity contribution in [2.24, 2.45) is 0 Å². The van der Waals surface area contributed by atoms with E-state index in [1.165, 1.54) is 6.33 Å². The molecule has 1 rings (SSSR count). The SMILES string of the molecule is CCC(C)Oc1ncncc1Br. The van der Waals surface area contributed by atoms with Crippen molar-refractivity contribution in [3.63, 3.8) is 0 Å². The Bertz CT molecular complexity index is 255. The second-order valence-electron chi connectivity index (χ2n) is 2.51. The van der Waals surface area contributed by atoms with Gasteiger partial charge in [0.15, 0.2) is 0 Å². The van der Waals surface area contributed by atoms with E-state index in [0.29, 0.717) is 5.88 Å². The van der Waals surface area contributed by atoms with E-state index in [0.717, 1.165) is 10.9 Å². The first-order valence-electron chi connectivity index (χ1n) is 3.86. The van der Waals surface area contributed by atoms with Crippen molar-refractivity contribution in [1.29, 1.82) is 0 Å². The molecule has 0 spiro atoms. The highest BCUT2D eigenvalue weighted by Crippen LogP contribution is 2.21. The quantitative estimate of drug-likeness (QED) is 0.801. The van der Waals surface area contributed by atoms with Gasteiger partial charge >= 0.3 is 0 Å². The van der Waals surface area contributed by atoms with Crippen molar-refractivity contribution in [3.05, 3.63) is 17.0 Å². The number of aromatic nitrogens is 2. The van der Waals surface area contributed by atoms with Gasteiger partial charge in [0.05, 0.1) is 10.6 Å².